The van der Waals surface area contributed by atoms with Crippen LogP contribution in [0, 0.1) is 12.3 Å². The Labute approximate surface area is 109 Å². The smallest absolute Gasteiger partial charge is 0.309 e. The second-order valence-electron chi connectivity index (χ2n) is 5.78. The van der Waals surface area contributed by atoms with Crippen LogP contribution in [0.25, 0.3) is 0 Å². The van der Waals surface area contributed by atoms with Crippen molar-refractivity contribution >= 4 is 5.97 Å². The minimum absolute atomic E-state index is 0.122. The van der Waals surface area contributed by atoms with Crippen molar-refractivity contribution in [3.8, 4) is 0 Å². The standard InChI is InChI=1S/C15H23NO2/c1-11-6-8-12(9-7-11)13(16(4)5)10-15(2,3)14(17)18/h6-9,13H,10H2,1-5H3,(H,17,18). The van der Waals surface area contributed by atoms with Crippen molar-refractivity contribution in [1.29, 1.82) is 0 Å². The van der Waals surface area contributed by atoms with Crippen LogP contribution in [-0.4, -0.2) is 30.1 Å². The quantitative estimate of drug-likeness (QED) is 0.871. The SMILES string of the molecule is Cc1ccc(C(CC(C)(C)C(=O)O)N(C)C)cc1. The van der Waals surface area contributed by atoms with Crippen LogP contribution in [-0.2, 0) is 4.79 Å². The number of nitrogens with zero attached hydrogens (tertiary/aromatic N) is 1. The lowest BCUT2D eigenvalue weighted by Crippen LogP contribution is -2.31. The van der Waals surface area contributed by atoms with E-state index >= 15 is 0 Å². The summed E-state index contributed by atoms with van der Waals surface area (Å²) in [6.45, 7) is 5.61. The Morgan fingerprint density at radius 1 is 1.28 bits per heavy atom. The molecule has 0 aliphatic carbocycles. The molecule has 1 aromatic rings. The normalized spacial score (nSPS) is 13.7. The number of benzene rings is 1. The molecule has 0 radical (unpaired) electrons. The molecule has 0 saturated carbocycles. The Balaban J connectivity index is 2.97. The summed E-state index contributed by atoms with van der Waals surface area (Å²) in [4.78, 5) is 13.3. The number of hydrogen-bond acceptors (Lipinski definition) is 2. The van der Waals surface area contributed by atoms with Gasteiger partial charge in [0.1, 0.15) is 0 Å². The highest BCUT2D eigenvalue weighted by Gasteiger charge is 2.32. The molecular weight excluding hydrogens is 226 g/mol. The molecule has 1 unspecified atom stereocenters. The van der Waals surface area contributed by atoms with Gasteiger partial charge in [-0.05, 0) is 46.9 Å². The number of hydrogen-bond donors (Lipinski definition) is 1. The maximum Gasteiger partial charge on any atom is 0.309 e. The zero-order valence-corrected chi connectivity index (χ0v) is 11.9. The van der Waals surface area contributed by atoms with Crippen LogP contribution in [0.1, 0.15) is 37.4 Å². The molecule has 1 rings (SSSR count). The van der Waals surface area contributed by atoms with Gasteiger partial charge < -0.3 is 10.0 Å². The topological polar surface area (TPSA) is 40.5 Å². The predicted molar refractivity (Wildman–Crippen MR) is 73.6 cm³/mol. The van der Waals surface area contributed by atoms with Gasteiger partial charge in [-0.1, -0.05) is 29.8 Å². The lowest BCUT2D eigenvalue weighted by molar-refractivity contribution is -0.148. The van der Waals surface area contributed by atoms with E-state index in [4.69, 9.17) is 0 Å². The molecule has 0 aromatic heterocycles. The molecule has 1 atom stereocenters. The second-order valence-corrected chi connectivity index (χ2v) is 5.78. The summed E-state index contributed by atoms with van der Waals surface area (Å²) < 4.78 is 0. The van der Waals surface area contributed by atoms with E-state index in [0.717, 1.165) is 0 Å². The zero-order chi connectivity index (χ0) is 13.9. The van der Waals surface area contributed by atoms with Gasteiger partial charge in [0, 0.05) is 6.04 Å². The highest BCUT2D eigenvalue weighted by atomic mass is 16.4. The Hall–Kier alpha value is -1.35. The van der Waals surface area contributed by atoms with Crippen LogP contribution in [0.3, 0.4) is 0 Å². The van der Waals surface area contributed by atoms with Crippen molar-refractivity contribution in [2.75, 3.05) is 14.1 Å². The van der Waals surface area contributed by atoms with E-state index in [1.165, 1.54) is 11.1 Å². The van der Waals surface area contributed by atoms with Crippen molar-refractivity contribution in [2.45, 2.75) is 33.2 Å². The van der Waals surface area contributed by atoms with E-state index in [0.29, 0.717) is 6.42 Å². The van der Waals surface area contributed by atoms with E-state index < -0.39 is 11.4 Å². The van der Waals surface area contributed by atoms with Crippen molar-refractivity contribution in [2.24, 2.45) is 5.41 Å². The van der Waals surface area contributed by atoms with Gasteiger partial charge in [-0.3, -0.25) is 4.79 Å². The number of carboxylic acid groups (broad SMARTS) is 1. The molecule has 0 amide bonds. The number of carboxylic acids is 1. The second kappa shape index (κ2) is 5.53. The molecule has 0 heterocycles. The first kappa shape index (κ1) is 14.7. The van der Waals surface area contributed by atoms with Gasteiger partial charge in [0.05, 0.1) is 5.41 Å². The summed E-state index contributed by atoms with van der Waals surface area (Å²) in [6, 6.07) is 8.42. The van der Waals surface area contributed by atoms with Gasteiger partial charge in [-0.2, -0.15) is 0 Å². The summed E-state index contributed by atoms with van der Waals surface area (Å²) in [6.07, 6.45) is 0.596. The van der Waals surface area contributed by atoms with Crippen molar-refractivity contribution in [3.63, 3.8) is 0 Å². The van der Waals surface area contributed by atoms with Gasteiger partial charge >= 0.3 is 5.97 Å². The fourth-order valence-electron chi connectivity index (χ4n) is 1.96. The van der Waals surface area contributed by atoms with E-state index in [-0.39, 0.29) is 6.04 Å². The molecule has 100 valence electrons. The molecule has 0 aliphatic rings. The van der Waals surface area contributed by atoms with Crippen molar-refractivity contribution in [3.05, 3.63) is 35.4 Å². The average Bonchev–Trinajstić information content (AvgIpc) is 2.27. The average molecular weight is 249 g/mol. The van der Waals surface area contributed by atoms with Crippen LogP contribution in [0.15, 0.2) is 24.3 Å². The number of rotatable bonds is 5. The molecular formula is C15H23NO2. The lowest BCUT2D eigenvalue weighted by Gasteiger charge is -2.31. The van der Waals surface area contributed by atoms with Crippen LogP contribution >= 0.6 is 0 Å². The first-order valence-corrected chi connectivity index (χ1v) is 6.20. The highest BCUT2D eigenvalue weighted by Crippen LogP contribution is 2.33. The van der Waals surface area contributed by atoms with Crippen LogP contribution < -0.4 is 0 Å². The molecule has 0 bridgehead atoms. The minimum atomic E-state index is -0.749. The summed E-state index contributed by atoms with van der Waals surface area (Å²) in [5.41, 5.74) is 1.66. The molecule has 0 saturated heterocycles. The fraction of sp³-hybridized carbons (Fsp3) is 0.533. The zero-order valence-electron chi connectivity index (χ0n) is 11.9. The first-order valence-electron chi connectivity index (χ1n) is 6.20. The number of aliphatic carboxylic acids is 1. The summed E-state index contributed by atoms with van der Waals surface area (Å²) >= 11 is 0. The van der Waals surface area contributed by atoms with Gasteiger partial charge in [-0.25, -0.2) is 0 Å². The summed E-state index contributed by atoms with van der Waals surface area (Å²) in [7, 11) is 3.98. The van der Waals surface area contributed by atoms with E-state index in [2.05, 4.69) is 36.1 Å². The third-order valence-corrected chi connectivity index (χ3v) is 3.37. The number of aryl methyl sites for hydroxylation is 1. The van der Waals surface area contributed by atoms with Crippen molar-refractivity contribution in [1.82, 2.24) is 4.90 Å². The third kappa shape index (κ3) is 3.57. The minimum Gasteiger partial charge on any atom is -0.481 e. The van der Waals surface area contributed by atoms with Gasteiger partial charge in [-0.15, -0.1) is 0 Å². The third-order valence-electron chi connectivity index (χ3n) is 3.37. The van der Waals surface area contributed by atoms with Crippen LogP contribution in [0.2, 0.25) is 0 Å². The fourth-order valence-corrected chi connectivity index (χ4v) is 1.96. The Kier molecular flexibility index (Phi) is 4.52. The highest BCUT2D eigenvalue weighted by molar-refractivity contribution is 5.73. The first-order chi connectivity index (χ1) is 8.24. The molecule has 1 N–H and O–H groups in total. The Bertz CT molecular complexity index is 407. The molecule has 0 spiro atoms. The molecule has 0 fully saturated rings. The van der Waals surface area contributed by atoms with Crippen LogP contribution in [0.5, 0.6) is 0 Å². The Morgan fingerprint density at radius 3 is 2.17 bits per heavy atom. The van der Waals surface area contributed by atoms with Crippen LogP contribution in [0.4, 0.5) is 0 Å². The van der Waals surface area contributed by atoms with E-state index in [1.54, 1.807) is 13.8 Å². The summed E-state index contributed by atoms with van der Waals surface area (Å²) in [5.74, 6) is -0.749. The molecule has 3 nitrogen and oxygen atoms in total. The monoisotopic (exact) mass is 249 g/mol. The van der Waals surface area contributed by atoms with Crippen molar-refractivity contribution < 1.29 is 9.90 Å². The van der Waals surface area contributed by atoms with E-state index in [9.17, 15) is 9.90 Å². The van der Waals surface area contributed by atoms with Gasteiger partial charge in [0.2, 0.25) is 0 Å². The maximum absolute atomic E-state index is 11.2. The predicted octanol–water partition coefficient (Wildman–Crippen LogP) is 3.10. The molecule has 0 aliphatic heterocycles. The Morgan fingerprint density at radius 2 is 1.78 bits per heavy atom. The molecule has 3 heteroatoms. The maximum atomic E-state index is 11.2. The van der Waals surface area contributed by atoms with E-state index in [1.807, 2.05) is 14.1 Å². The van der Waals surface area contributed by atoms with Gasteiger partial charge in [0.15, 0.2) is 0 Å². The number of carbonyl (C=O) groups is 1. The largest absolute Gasteiger partial charge is 0.481 e. The lowest BCUT2D eigenvalue weighted by atomic mass is 9.83. The summed E-state index contributed by atoms with van der Waals surface area (Å²) in [5, 5.41) is 9.24. The van der Waals surface area contributed by atoms with Gasteiger partial charge in [0.25, 0.3) is 0 Å². The molecule has 18 heavy (non-hydrogen) atoms. The molecule has 1 aromatic carbocycles.